The van der Waals surface area contributed by atoms with E-state index in [9.17, 15) is 9.59 Å². The molecular formula is C19H31NO3S. The molecule has 0 aliphatic rings. The number of amides is 1. The molecule has 0 fully saturated rings. The molecule has 1 aromatic heterocycles. The Hall–Kier alpha value is -1.36. The van der Waals surface area contributed by atoms with Crippen LogP contribution in [0.15, 0.2) is 6.07 Å². The van der Waals surface area contributed by atoms with Gasteiger partial charge in [-0.15, -0.1) is 11.3 Å². The van der Waals surface area contributed by atoms with E-state index < -0.39 is 0 Å². The van der Waals surface area contributed by atoms with Crippen LogP contribution in [-0.4, -0.2) is 18.5 Å². The third kappa shape index (κ3) is 6.63. The first-order valence-corrected chi connectivity index (χ1v) is 9.45. The summed E-state index contributed by atoms with van der Waals surface area (Å²) in [6.45, 7) is 14.9. The number of hydrogen-bond acceptors (Lipinski definition) is 4. The molecule has 0 aliphatic carbocycles. The molecule has 24 heavy (non-hydrogen) atoms. The molecule has 0 radical (unpaired) electrons. The minimum Gasteiger partial charge on any atom is -0.462 e. The lowest BCUT2D eigenvalue weighted by atomic mass is 9.85. The molecule has 0 saturated heterocycles. The molecular weight excluding hydrogens is 322 g/mol. The van der Waals surface area contributed by atoms with Gasteiger partial charge in [0.15, 0.2) is 0 Å². The molecule has 0 unspecified atom stereocenters. The Morgan fingerprint density at radius 1 is 1.25 bits per heavy atom. The fraction of sp³-hybridized carbons (Fsp3) is 0.684. The minimum atomic E-state index is -0.372. The van der Waals surface area contributed by atoms with Crippen LogP contribution in [0.5, 0.6) is 0 Å². The second-order valence-corrected chi connectivity index (χ2v) is 9.01. The molecule has 0 aliphatic heterocycles. The van der Waals surface area contributed by atoms with Gasteiger partial charge in [-0.2, -0.15) is 0 Å². The zero-order valence-electron chi connectivity index (χ0n) is 16.0. The third-order valence-corrected chi connectivity index (χ3v) is 4.78. The summed E-state index contributed by atoms with van der Waals surface area (Å²) in [5.41, 5.74) is 0.670. The van der Waals surface area contributed by atoms with Crippen molar-refractivity contribution in [3.63, 3.8) is 0 Å². The van der Waals surface area contributed by atoms with Gasteiger partial charge in [-0.1, -0.05) is 41.5 Å². The Labute approximate surface area is 150 Å². The van der Waals surface area contributed by atoms with Crippen LogP contribution < -0.4 is 5.32 Å². The maximum absolute atomic E-state index is 12.2. The molecule has 5 heteroatoms. The second kappa shape index (κ2) is 8.65. The monoisotopic (exact) mass is 353 g/mol. The van der Waals surface area contributed by atoms with Crippen LogP contribution in [0.1, 0.15) is 82.5 Å². The molecule has 4 nitrogen and oxygen atoms in total. The van der Waals surface area contributed by atoms with Gasteiger partial charge in [0.1, 0.15) is 5.00 Å². The molecule has 1 rings (SSSR count). The zero-order chi connectivity index (χ0) is 18.5. The van der Waals surface area contributed by atoms with Gasteiger partial charge in [-0.25, -0.2) is 4.79 Å². The number of esters is 1. The van der Waals surface area contributed by atoms with E-state index in [0.29, 0.717) is 29.5 Å². The van der Waals surface area contributed by atoms with E-state index in [1.54, 1.807) is 6.92 Å². The van der Waals surface area contributed by atoms with Gasteiger partial charge in [0.25, 0.3) is 0 Å². The van der Waals surface area contributed by atoms with E-state index in [4.69, 9.17) is 4.74 Å². The number of hydrogen-bond donors (Lipinski definition) is 1. The Morgan fingerprint density at radius 2 is 1.88 bits per heavy atom. The van der Waals surface area contributed by atoms with Crippen molar-refractivity contribution in [2.45, 2.75) is 67.2 Å². The first kappa shape index (κ1) is 20.7. The SMILES string of the molecule is CCOC(=O)c1cc([C@@H](C)CC(C)(C)C)sc1NC(=O)CC(C)C. The Bertz CT molecular complexity index is 570. The van der Waals surface area contributed by atoms with Gasteiger partial charge >= 0.3 is 5.97 Å². The van der Waals surface area contributed by atoms with Gasteiger partial charge in [-0.3, -0.25) is 4.79 Å². The highest BCUT2D eigenvalue weighted by Crippen LogP contribution is 2.38. The smallest absolute Gasteiger partial charge is 0.341 e. The van der Waals surface area contributed by atoms with Crippen LogP contribution >= 0.6 is 11.3 Å². The van der Waals surface area contributed by atoms with Crippen molar-refractivity contribution >= 4 is 28.2 Å². The lowest BCUT2D eigenvalue weighted by molar-refractivity contribution is -0.116. The molecule has 0 spiro atoms. The molecule has 0 bridgehead atoms. The van der Waals surface area contributed by atoms with Crippen molar-refractivity contribution in [1.82, 2.24) is 0 Å². The predicted molar refractivity (Wildman–Crippen MR) is 101 cm³/mol. The van der Waals surface area contributed by atoms with Crippen molar-refractivity contribution < 1.29 is 14.3 Å². The van der Waals surface area contributed by atoms with Crippen LogP contribution in [0.25, 0.3) is 0 Å². The van der Waals surface area contributed by atoms with E-state index in [0.717, 1.165) is 11.3 Å². The lowest BCUT2D eigenvalue weighted by Gasteiger charge is -2.22. The average molecular weight is 354 g/mol. The van der Waals surface area contributed by atoms with Gasteiger partial charge in [0, 0.05) is 11.3 Å². The van der Waals surface area contributed by atoms with Crippen LogP contribution in [0, 0.1) is 11.3 Å². The number of ether oxygens (including phenoxy) is 1. The molecule has 0 aromatic carbocycles. The summed E-state index contributed by atoms with van der Waals surface area (Å²) in [4.78, 5) is 25.4. The average Bonchev–Trinajstić information content (AvgIpc) is 2.80. The van der Waals surface area contributed by atoms with Crippen molar-refractivity contribution in [2.24, 2.45) is 11.3 Å². The first-order valence-electron chi connectivity index (χ1n) is 8.64. The summed E-state index contributed by atoms with van der Waals surface area (Å²) < 4.78 is 5.14. The van der Waals surface area contributed by atoms with Crippen LogP contribution in [0.2, 0.25) is 0 Å². The number of rotatable bonds is 7. The molecule has 1 aromatic rings. The van der Waals surface area contributed by atoms with Gasteiger partial charge in [0.2, 0.25) is 5.91 Å². The number of anilines is 1. The van der Waals surface area contributed by atoms with Gasteiger partial charge in [0.05, 0.1) is 12.2 Å². The highest BCUT2D eigenvalue weighted by atomic mass is 32.1. The number of carbonyl (C=O) groups is 2. The predicted octanol–water partition coefficient (Wildman–Crippen LogP) is 5.45. The van der Waals surface area contributed by atoms with E-state index in [-0.39, 0.29) is 23.2 Å². The van der Waals surface area contributed by atoms with E-state index in [1.807, 2.05) is 19.9 Å². The number of thiophene rings is 1. The highest BCUT2D eigenvalue weighted by molar-refractivity contribution is 7.16. The van der Waals surface area contributed by atoms with E-state index in [1.165, 1.54) is 11.3 Å². The van der Waals surface area contributed by atoms with Gasteiger partial charge in [-0.05, 0) is 36.7 Å². The standard InChI is InChI=1S/C19H31NO3S/c1-8-23-18(22)14-10-15(13(4)11-19(5,6)7)24-17(14)20-16(21)9-12(2)3/h10,12-13H,8-9,11H2,1-7H3,(H,20,21)/t13-/m0/s1. The zero-order valence-corrected chi connectivity index (χ0v) is 16.8. The third-order valence-electron chi connectivity index (χ3n) is 3.50. The fourth-order valence-electron chi connectivity index (χ4n) is 2.67. The quantitative estimate of drug-likeness (QED) is 0.663. The Kier molecular flexibility index (Phi) is 7.46. The van der Waals surface area contributed by atoms with Gasteiger partial charge < -0.3 is 10.1 Å². The van der Waals surface area contributed by atoms with Crippen LogP contribution in [0.4, 0.5) is 5.00 Å². The summed E-state index contributed by atoms with van der Waals surface area (Å²) in [6.07, 6.45) is 1.45. The van der Waals surface area contributed by atoms with Crippen LogP contribution in [0.3, 0.4) is 0 Å². The molecule has 1 heterocycles. The summed E-state index contributed by atoms with van der Waals surface area (Å²) in [5.74, 6) is 0.157. The summed E-state index contributed by atoms with van der Waals surface area (Å²) in [7, 11) is 0. The van der Waals surface area contributed by atoms with Crippen molar-refractivity contribution in [2.75, 3.05) is 11.9 Å². The largest absolute Gasteiger partial charge is 0.462 e. The first-order chi connectivity index (χ1) is 11.0. The van der Waals surface area contributed by atoms with E-state index in [2.05, 4.69) is 33.0 Å². The molecule has 136 valence electrons. The van der Waals surface area contributed by atoms with Crippen molar-refractivity contribution in [1.29, 1.82) is 0 Å². The topological polar surface area (TPSA) is 55.4 Å². The Balaban J connectivity index is 3.06. The second-order valence-electron chi connectivity index (χ2n) is 7.92. The molecule has 1 N–H and O–H groups in total. The minimum absolute atomic E-state index is 0.0626. The molecule has 1 atom stereocenters. The maximum Gasteiger partial charge on any atom is 0.341 e. The summed E-state index contributed by atoms with van der Waals surface area (Å²) >= 11 is 1.49. The molecule has 1 amide bonds. The maximum atomic E-state index is 12.2. The molecule has 0 saturated carbocycles. The number of carbonyl (C=O) groups excluding carboxylic acids is 2. The lowest BCUT2D eigenvalue weighted by Crippen LogP contribution is -2.15. The van der Waals surface area contributed by atoms with Crippen molar-refractivity contribution in [3.05, 3.63) is 16.5 Å². The summed E-state index contributed by atoms with van der Waals surface area (Å²) in [5, 5.41) is 3.50. The fourth-order valence-corrected chi connectivity index (χ4v) is 3.79. The highest BCUT2D eigenvalue weighted by Gasteiger charge is 2.24. The van der Waals surface area contributed by atoms with Crippen LogP contribution in [-0.2, 0) is 9.53 Å². The van der Waals surface area contributed by atoms with E-state index >= 15 is 0 Å². The Morgan fingerprint density at radius 3 is 2.38 bits per heavy atom. The summed E-state index contributed by atoms with van der Waals surface area (Å²) in [6, 6.07) is 1.88. The van der Waals surface area contributed by atoms with Crippen molar-refractivity contribution in [3.8, 4) is 0 Å². The number of nitrogens with one attached hydrogen (secondary N) is 1. The normalized spacial score (nSPS) is 13.0.